The summed E-state index contributed by atoms with van der Waals surface area (Å²) in [6.07, 6.45) is 1.72. The van der Waals surface area contributed by atoms with Crippen molar-refractivity contribution in [3.8, 4) is 0 Å². The number of halogens is 1. The minimum Gasteiger partial charge on any atom is -0.326 e. The Labute approximate surface area is 104 Å². The van der Waals surface area contributed by atoms with Crippen LogP contribution in [0.2, 0.25) is 5.02 Å². The van der Waals surface area contributed by atoms with Gasteiger partial charge in [0.05, 0.1) is 6.54 Å². The van der Waals surface area contributed by atoms with Crippen LogP contribution in [0, 0.1) is 5.41 Å². The minimum atomic E-state index is -0.0358. The molecule has 1 heterocycles. The number of nitrogens with zero attached hydrogens (tertiary/aromatic N) is 1. The van der Waals surface area contributed by atoms with E-state index >= 15 is 0 Å². The van der Waals surface area contributed by atoms with E-state index in [0.717, 1.165) is 0 Å². The lowest BCUT2D eigenvalue weighted by Crippen LogP contribution is -2.22. The molecule has 0 fully saturated rings. The molecule has 1 N–H and O–H groups in total. The first kappa shape index (κ1) is 11.6. The summed E-state index contributed by atoms with van der Waals surface area (Å²) in [5, 5.41) is 8.26. The summed E-state index contributed by atoms with van der Waals surface area (Å²) in [6.45, 7) is 0.168. The van der Waals surface area contributed by atoms with Gasteiger partial charge in [-0.3, -0.25) is 10.2 Å². The van der Waals surface area contributed by atoms with E-state index in [0.29, 0.717) is 16.1 Å². The molecule has 0 radical (unpaired) electrons. The fraction of sp³-hybridized carbons (Fsp3) is 0.0769. The Balaban J connectivity index is 2.20. The molecule has 0 aliphatic rings. The third-order valence-corrected chi connectivity index (χ3v) is 2.67. The van der Waals surface area contributed by atoms with Crippen LogP contribution in [0.15, 0.2) is 48.7 Å². The molecule has 0 aliphatic heterocycles. The maximum absolute atomic E-state index is 11.9. The second-order valence-electron chi connectivity index (χ2n) is 3.64. The van der Waals surface area contributed by atoms with Gasteiger partial charge in [-0.2, -0.15) is 0 Å². The van der Waals surface area contributed by atoms with Crippen molar-refractivity contribution in [1.29, 1.82) is 5.41 Å². The van der Waals surface area contributed by atoms with Gasteiger partial charge in [-0.15, -0.1) is 0 Å². The lowest BCUT2D eigenvalue weighted by Gasteiger charge is -2.05. The van der Waals surface area contributed by atoms with Gasteiger partial charge in [0.1, 0.15) is 5.49 Å². The molecular weight excluding hydrogens is 236 g/mol. The van der Waals surface area contributed by atoms with Crippen molar-refractivity contribution >= 4 is 17.4 Å². The highest BCUT2D eigenvalue weighted by atomic mass is 35.5. The molecule has 0 aliphatic carbocycles. The molecule has 0 saturated heterocycles. The Hall–Kier alpha value is -1.87. The Morgan fingerprint density at radius 3 is 2.53 bits per heavy atom. The quantitative estimate of drug-likeness (QED) is 0.831. The molecule has 2 aromatic rings. The van der Waals surface area contributed by atoms with E-state index in [-0.39, 0.29) is 12.3 Å². The molecule has 2 rings (SSSR count). The van der Waals surface area contributed by atoms with Crippen LogP contribution in [0.5, 0.6) is 0 Å². The van der Waals surface area contributed by atoms with E-state index in [9.17, 15) is 4.79 Å². The van der Waals surface area contributed by atoms with Crippen LogP contribution in [0.1, 0.15) is 10.4 Å². The molecular formula is C13H11ClN2O. The summed E-state index contributed by atoms with van der Waals surface area (Å²) in [5.74, 6) is -0.0358. The number of carbonyl (C=O) groups is 1. The molecule has 0 bridgehead atoms. The summed E-state index contributed by atoms with van der Waals surface area (Å²) in [7, 11) is 0. The second-order valence-corrected chi connectivity index (χ2v) is 4.08. The largest absolute Gasteiger partial charge is 0.326 e. The fourth-order valence-electron chi connectivity index (χ4n) is 1.50. The van der Waals surface area contributed by atoms with Crippen molar-refractivity contribution in [3.05, 3.63) is 64.7 Å². The molecule has 1 aromatic heterocycles. The van der Waals surface area contributed by atoms with Crippen LogP contribution in [0.25, 0.3) is 0 Å². The smallest absolute Gasteiger partial charge is 0.182 e. The molecule has 0 atom stereocenters. The topological polar surface area (TPSA) is 45.9 Å². The van der Waals surface area contributed by atoms with Crippen LogP contribution < -0.4 is 5.49 Å². The monoisotopic (exact) mass is 246 g/mol. The van der Waals surface area contributed by atoms with Crippen LogP contribution in [-0.4, -0.2) is 10.4 Å². The Bertz CT molecular complexity index is 587. The Morgan fingerprint density at radius 2 is 1.88 bits per heavy atom. The zero-order valence-corrected chi connectivity index (χ0v) is 9.82. The van der Waals surface area contributed by atoms with Gasteiger partial charge in [0.2, 0.25) is 0 Å². The van der Waals surface area contributed by atoms with E-state index in [1.54, 1.807) is 53.2 Å². The third-order valence-electron chi connectivity index (χ3n) is 2.42. The summed E-state index contributed by atoms with van der Waals surface area (Å²) in [4.78, 5) is 11.9. The van der Waals surface area contributed by atoms with Crippen molar-refractivity contribution in [3.63, 3.8) is 0 Å². The van der Waals surface area contributed by atoms with E-state index < -0.39 is 0 Å². The number of carbonyl (C=O) groups excluding carboxylic acids is 1. The van der Waals surface area contributed by atoms with Gasteiger partial charge in [0.25, 0.3) is 0 Å². The lowest BCUT2D eigenvalue weighted by molar-refractivity contribution is 0.0970. The first-order valence-electron chi connectivity index (χ1n) is 5.15. The number of aromatic nitrogens is 1. The van der Waals surface area contributed by atoms with Gasteiger partial charge in [-0.1, -0.05) is 17.7 Å². The SMILES string of the molecule is N=c1ccccn1CC(=O)c1ccc(Cl)cc1. The van der Waals surface area contributed by atoms with Crippen molar-refractivity contribution < 1.29 is 4.79 Å². The zero-order chi connectivity index (χ0) is 12.3. The first-order valence-corrected chi connectivity index (χ1v) is 5.53. The van der Waals surface area contributed by atoms with Crippen molar-refractivity contribution in [2.45, 2.75) is 6.54 Å². The van der Waals surface area contributed by atoms with Crippen molar-refractivity contribution in [2.24, 2.45) is 0 Å². The molecule has 4 heteroatoms. The van der Waals surface area contributed by atoms with Crippen molar-refractivity contribution in [1.82, 2.24) is 4.57 Å². The predicted octanol–water partition coefficient (Wildman–Crippen LogP) is 2.50. The summed E-state index contributed by atoms with van der Waals surface area (Å²) < 4.78 is 1.59. The lowest BCUT2D eigenvalue weighted by atomic mass is 10.1. The van der Waals surface area contributed by atoms with Crippen LogP contribution in [0.3, 0.4) is 0 Å². The standard InChI is InChI=1S/C13H11ClN2O/c14-11-6-4-10(5-7-11)12(17)9-16-8-2-1-3-13(16)15/h1-8,15H,9H2. The molecule has 0 spiro atoms. The molecule has 0 unspecified atom stereocenters. The van der Waals surface area contributed by atoms with Gasteiger partial charge in [0.15, 0.2) is 5.78 Å². The Kier molecular flexibility index (Phi) is 3.40. The number of pyridine rings is 1. The number of ketones is 1. The predicted molar refractivity (Wildman–Crippen MR) is 66.1 cm³/mol. The van der Waals surface area contributed by atoms with Crippen LogP contribution >= 0.6 is 11.6 Å². The van der Waals surface area contributed by atoms with Gasteiger partial charge in [0, 0.05) is 16.8 Å². The third kappa shape index (κ3) is 2.82. The molecule has 1 aromatic carbocycles. The molecule has 3 nitrogen and oxygen atoms in total. The summed E-state index contributed by atoms with van der Waals surface area (Å²) in [6, 6.07) is 12.0. The number of rotatable bonds is 3. The van der Waals surface area contributed by atoms with Crippen LogP contribution in [-0.2, 0) is 6.54 Å². The normalized spacial score (nSPS) is 10.2. The number of benzene rings is 1. The van der Waals surface area contributed by atoms with Gasteiger partial charge in [-0.25, -0.2) is 0 Å². The summed E-state index contributed by atoms with van der Waals surface area (Å²) in [5.41, 5.74) is 0.917. The highest BCUT2D eigenvalue weighted by Gasteiger charge is 2.06. The van der Waals surface area contributed by atoms with Gasteiger partial charge < -0.3 is 4.57 Å². The first-order chi connectivity index (χ1) is 8.16. The Morgan fingerprint density at radius 1 is 1.18 bits per heavy atom. The average molecular weight is 247 g/mol. The minimum absolute atomic E-state index is 0.0358. The second kappa shape index (κ2) is 4.97. The zero-order valence-electron chi connectivity index (χ0n) is 9.06. The summed E-state index contributed by atoms with van der Waals surface area (Å²) >= 11 is 5.76. The molecule has 86 valence electrons. The number of hydrogen-bond donors (Lipinski definition) is 1. The molecule has 0 saturated carbocycles. The number of nitrogens with one attached hydrogen (secondary N) is 1. The number of hydrogen-bond acceptors (Lipinski definition) is 2. The van der Waals surface area contributed by atoms with Gasteiger partial charge >= 0.3 is 0 Å². The van der Waals surface area contributed by atoms with Crippen LogP contribution in [0.4, 0.5) is 0 Å². The van der Waals surface area contributed by atoms with E-state index in [1.807, 2.05) is 0 Å². The molecule has 0 amide bonds. The maximum Gasteiger partial charge on any atom is 0.182 e. The highest BCUT2D eigenvalue weighted by Crippen LogP contribution is 2.10. The average Bonchev–Trinajstić information content (AvgIpc) is 2.33. The van der Waals surface area contributed by atoms with E-state index in [4.69, 9.17) is 17.0 Å². The molecule has 17 heavy (non-hydrogen) atoms. The van der Waals surface area contributed by atoms with Crippen molar-refractivity contribution in [2.75, 3.05) is 0 Å². The van der Waals surface area contributed by atoms with E-state index in [2.05, 4.69) is 0 Å². The fourth-order valence-corrected chi connectivity index (χ4v) is 1.62. The van der Waals surface area contributed by atoms with E-state index in [1.165, 1.54) is 0 Å². The number of Topliss-reactive ketones (excluding diaryl/α,β-unsaturated/α-hetero) is 1. The maximum atomic E-state index is 11.9. The highest BCUT2D eigenvalue weighted by molar-refractivity contribution is 6.30. The van der Waals surface area contributed by atoms with Gasteiger partial charge in [-0.05, 0) is 36.4 Å².